The second-order valence-electron chi connectivity index (χ2n) is 11.1. The van der Waals surface area contributed by atoms with Gasteiger partial charge in [-0.1, -0.05) is 71.9 Å². The fourth-order valence-corrected chi connectivity index (χ4v) is 6.92. The SMILES string of the molecule is Cc1ccccc1N1CCN(C(=O)c2cccc(CSc3nc(Cl)cc(N4CCN(c5ccccc5C)CC4)n3)c2)CC1. The Morgan fingerprint density at radius 3 is 1.93 bits per heavy atom. The van der Waals surface area contributed by atoms with Crippen LogP contribution in [0.4, 0.5) is 17.2 Å². The van der Waals surface area contributed by atoms with E-state index in [1.54, 1.807) is 11.8 Å². The lowest BCUT2D eigenvalue weighted by atomic mass is 10.1. The van der Waals surface area contributed by atoms with Gasteiger partial charge in [0.25, 0.3) is 5.91 Å². The summed E-state index contributed by atoms with van der Waals surface area (Å²) in [6.07, 6.45) is 0. The number of nitrogens with zero attached hydrogens (tertiary/aromatic N) is 6. The van der Waals surface area contributed by atoms with E-state index in [9.17, 15) is 4.79 Å². The quantitative estimate of drug-likeness (QED) is 0.137. The van der Waals surface area contributed by atoms with E-state index in [2.05, 4.69) is 88.1 Å². The number of benzene rings is 3. The molecule has 0 radical (unpaired) electrons. The average Bonchev–Trinajstić information content (AvgIpc) is 3.04. The highest BCUT2D eigenvalue weighted by Crippen LogP contribution is 2.28. The summed E-state index contributed by atoms with van der Waals surface area (Å²) in [5.74, 6) is 1.60. The molecule has 4 aromatic rings. The second-order valence-corrected chi connectivity index (χ2v) is 12.5. The van der Waals surface area contributed by atoms with E-state index in [0.717, 1.165) is 56.2 Å². The maximum Gasteiger partial charge on any atom is 0.253 e. The first-order valence-electron chi connectivity index (χ1n) is 14.9. The summed E-state index contributed by atoms with van der Waals surface area (Å²) in [7, 11) is 0. The molecule has 2 fully saturated rings. The molecule has 0 spiro atoms. The van der Waals surface area contributed by atoms with E-state index in [1.807, 2.05) is 29.2 Å². The minimum Gasteiger partial charge on any atom is -0.368 e. The number of aryl methyl sites for hydroxylation is 2. The van der Waals surface area contributed by atoms with E-state index in [4.69, 9.17) is 16.6 Å². The number of rotatable bonds is 7. The maximum atomic E-state index is 13.4. The monoisotopic (exact) mass is 612 g/mol. The molecule has 0 N–H and O–H groups in total. The van der Waals surface area contributed by atoms with E-state index in [-0.39, 0.29) is 5.91 Å². The van der Waals surface area contributed by atoms with Crippen LogP contribution in [-0.4, -0.2) is 73.1 Å². The van der Waals surface area contributed by atoms with Gasteiger partial charge in [-0.25, -0.2) is 9.97 Å². The molecule has 0 aliphatic carbocycles. The molecule has 2 aliphatic rings. The predicted molar refractivity (Wildman–Crippen MR) is 178 cm³/mol. The molecule has 1 amide bonds. The Morgan fingerprint density at radius 2 is 1.30 bits per heavy atom. The smallest absolute Gasteiger partial charge is 0.253 e. The molecule has 222 valence electrons. The maximum absolute atomic E-state index is 13.4. The van der Waals surface area contributed by atoms with Crippen LogP contribution >= 0.6 is 23.4 Å². The van der Waals surface area contributed by atoms with Crippen LogP contribution in [-0.2, 0) is 5.75 Å². The van der Waals surface area contributed by atoms with Gasteiger partial charge in [0.2, 0.25) is 0 Å². The molecular weight excluding hydrogens is 576 g/mol. The van der Waals surface area contributed by atoms with Crippen molar-refractivity contribution in [1.29, 1.82) is 0 Å². The Labute approximate surface area is 263 Å². The third-order valence-corrected chi connectivity index (χ3v) is 9.40. The van der Waals surface area contributed by atoms with Crippen LogP contribution in [0, 0.1) is 13.8 Å². The highest BCUT2D eigenvalue weighted by atomic mass is 35.5. The number of amides is 1. The molecule has 6 rings (SSSR count). The van der Waals surface area contributed by atoms with Crippen molar-refractivity contribution < 1.29 is 4.79 Å². The van der Waals surface area contributed by atoms with Crippen LogP contribution < -0.4 is 14.7 Å². The summed E-state index contributed by atoms with van der Waals surface area (Å²) in [5, 5.41) is 1.09. The summed E-state index contributed by atoms with van der Waals surface area (Å²) < 4.78 is 0. The summed E-state index contributed by atoms with van der Waals surface area (Å²) in [5.41, 5.74) is 6.90. The molecule has 0 saturated carbocycles. The molecule has 0 bridgehead atoms. The average molecular weight is 613 g/mol. The zero-order valence-electron chi connectivity index (χ0n) is 24.7. The van der Waals surface area contributed by atoms with Gasteiger partial charge in [0.15, 0.2) is 5.16 Å². The highest BCUT2D eigenvalue weighted by molar-refractivity contribution is 7.98. The van der Waals surface area contributed by atoms with Crippen LogP contribution in [0.3, 0.4) is 0 Å². The molecule has 2 saturated heterocycles. The number of anilines is 3. The summed E-state index contributed by atoms with van der Waals surface area (Å²) in [6, 6.07) is 26.8. The number of piperazine rings is 2. The molecular formula is C34H37ClN6OS. The summed E-state index contributed by atoms with van der Waals surface area (Å²) in [4.78, 5) is 31.8. The largest absolute Gasteiger partial charge is 0.368 e. The van der Waals surface area contributed by atoms with Crippen LogP contribution in [0.5, 0.6) is 0 Å². The van der Waals surface area contributed by atoms with Gasteiger partial charge >= 0.3 is 0 Å². The highest BCUT2D eigenvalue weighted by Gasteiger charge is 2.24. The molecule has 43 heavy (non-hydrogen) atoms. The van der Waals surface area contributed by atoms with E-state index in [1.165, 1.54) is 22.5 Å². The number of aromatic nitrogens is 2. The first-order valence-corrected chi connectivity index (χ1v) is 16.2. The molecule has 3 aromatic carbocycles. The normalized spacial score (nSPS) is 15.6. The Balaban J connectivity index is 1.05. The topological polar surface area (TPSA) is 55.8 Å². The minimum atomic E-state index is 0.0856. The first-order chi connectivity index (χ1) is 20.9. The third kappa shape index (κ3) is 6.92. The van der Waals surface area contributed by atoms with Crippen molar-refractivity contribution in [2.75, 3.05) is 67.1 Å². The number of carbonyl (C=O) groups is 1. The van der Waals surface area contributed by atoms with Gasteiger partial charge in [0.05, 0.1) is 0 Å². The van der Waals surface area contributed by atoms with Gasteiger partial charge in [0.1, 0.15) is 11.0 Å². The number of hydrogen-bond acceptors (Lipinski definition) is 7. The number of halogens is 1. The number of para-hydroxylation sites is 2. The van der Waals surface area contributed by atoms with Crippen LogP contribution in [0.1, 0.15) is 27.0 Å². The zero-order valence-corrected chi connectivity index (χ0v) is 26.3. The molecule has 9 heteroatoms. The van der Waals surface area contributed by atoms with Crippen molar-refractivity contribution in [2.24, 2.45) is 0 Å². The molecule has 0 unspecified atom stereocenters. The lowest BCUT2D eigenvalue weighted by Gasteiger charge is -2.37. The van der Waals surface area contributed by atoms with Gasteiger partial charge in [-0.3, -0.25) is 4.79 Å². The van der Waals surface area contributed by atoms with Gasteiger partial charge < -0.3 is 19.6 Å². The third-order valence-electron chi connectivity index (χ3n) is 8.29. The number of carbonyl (C=O) groups excluding carboxylic acids is 1. The molecule has 0 atom stereocenters. The van der Waals surface area contributed by atoms with Crippen molar-refractivity contribution in [1.82, 2.24) is 14.9 Å². The van der Waals surface area contributed by atoms with E-state index in [0.29, 0.717) is 29.2 Å². The Kier molecular flexibility index (Phi) is 9.05. The van der Waals surface area contributed by atoms with Crippen molar-refractivity contribution in [3.8, 4) is 0 Å². The van der Waals surface area contributed by atoms with Gasteiger partial charge in [-0.15, -0.1) is 0 Å². The number of thioether (sulfide) groups is 1. The Morgan fingerprint density at radius 1 is 0.721 bits per heavy atom. The second kappa shape index (κ2) is 13.3. The summed E-state index contributed by atoms with van der Waals surface area (Å²) in [6.45, 7) is 11.0. The predicted octanol–water partition coefficient (Wildman–Crippen LogP) is 6.33. The molecule has 2 aliphatic heterocycles. The van der Waals surface area contributed by atoms with Crippen LogP contribution in [0.25, 0.3) is 0 Å². The minimum absolute atomic E-state index is 0.0856. The van der Waals surface area contributed by atoms with Gasteiger partial charge in [-0.05, 0) is 54.8 Å². The van der Waals surface area contributed by atoms with Crippen molar-refractivity contribution in [2.45, 2.75) is 24.8 Å². The fraction of sp³-hybridized carbons (Fsp3) is 0.324. The zero-order chi connectivity index (χ0) is 29.8. The fourth-order valence-electron chi connectivity index (χ4n) is 5.90. The lowest BCUT2D eigenvalue weighted by Crippen LogP contribution is -2.49. The Bertz CT molecular complexity index is 1580. The number of hydrogen-bond donors (Lipinski definition) is 0. The standard InChI is InChI=1S/C34H37ClN6OS/c1-25-8-3-5-12-29(25)38-14-18-40(19-15-38)32-23-31(35)36-34(37-32)43-24-27-10-7-11-28(22-27)33(42)41-20-16-39(17-21-41)30-13-6-4-9-26(30)2/h3-13,22-23H,14-21,24H2,1-2H3. The van der Waals surface area contributed by atoms with Crippen LogP contribution in [0.2, 0.25) is 5.15 Å². The van der Waals surface area contributed by atoms with Crippen molar-refractivity contribution in [3.63, 3.8) is 0 Å². The molecule has 7 nitrogen and oxygen atoms in total. The van der Waals surface area contributed by atoms with Crippen molar-refractivity contribution >= 4 is 46.5 Å². The van der Waals surface area contributed by atoms with Crippen molar-refractivity contribution in [3.05, 3.63) is 106 Å². The lowest BCUT2D eigenvalue weighted by molar-refractivity contribution is 0.0746. The van der Waals surface area contributed by atoms with Gasteiger partial charge in [-0.2, -0.15) is 0 Å². The van der Waals surface area contributed by atoms with Gasteiger partial charge in [0, 0.05) is 81.1 Å². The van der Waals surface area contributed by atoms with E-state index < -0.39 is 0 Å². The van der Waals surface area contributed by atoms with Crippen LogP contribution in [0.15, 0.2) is 84.0 Å². The summed E-state index contributed by atoms with van der Waals surface area (Å²) >= 11 is 8.00. The Hall–Kier alpha value is -3.75. The molecule has 1 aromatic heterocycles. The first kappa shape index (κ1) is 29.3. The van der Waals surface area contributed by atoms with E-state index >= 15 is 0 Å². The molecule has 3 heterocycles.